The van der Waals surface area contributed by atoms with Gasteiger partial charge in [-0.25, -0.2) is 0 Å². The fraction of sp³-hybridized carbons (Fsp3) is 0.484. The number of ether oxygens (including phenoxy) is 4. The predicted molar refractivity (Wildman–Crippen MR) is 149 cm³/mol. The van der Waals surface area contributed by atoms with Crippen molar-refractivity contribution in [1.29, 1.82) is 0 Å². The molecule has 2 amide bonds. The number of carboxylic acids is 2. The molecule has 4 atom stereocenters. The Morgan fingerprint density at radius 2 is 0.977 bits per heavy atom. The Bertz CT molecular complexity index is 1380. The second-order valence-corrected chi connectivity index (χ2v) is 11.6. The molecule has 2 aliphatic carbocycles. The van der Waals surface area contributed by atoms with Gasteiger partial charge in [0.1, 0.15) is 0 Å². The Morgan fingerprint density at radius 3 is 1.28 bits per heavy atom. The fourth-order valence-corrected chi connectivity index (χ4v) is 6.04. The normalized spacial score (nSPS) is 22.8. The SMILES string of the molecule is COc1cc2c(cc1OCCCOc1cc3c(cc1OC)CN(C(=O)[C@@H]1C[C@H]1C(=O)O)C3)CN(C(=O)[C@H]1C[C@@H]1C(=O)O)C2. The van der Waals surface area contributed by atoms with Crippen molar-refractivity contribution < 1.29 is 48.3 Å². The van der Waals surface area contributed by atoms with Gasteiger partial charge in [-0.1, -0.05) is 0 Å². The monoisotopic (exact) mass is 594 g/mol. The van der Waals surface area contributed by atoms with Crippen LogP contribution in [0, 0.1) is 23.7 Å². The summed E-state index contributed by atoms with van der Waals surface area (Å²) < 4.78 is 23.1. The highest BCUT2D eigenvalue weighted by Crippen LogP contribution is 2.44. The Hall–Kier alpha value is -4.48. The van der Waals surface area contributed by atoms with E-state index < -0.39 is 35.6 Å². The molecule has 2 aromatic rings. The average molecular weight is 595 g/mol. The van der Waals surface area contributed by atoms with Crippen LogP contribution in [-0.4, -0.2) is 71.2 Å². The molecule has 12 nitrogen and oxygen atoms in total. The van der Waals surface area contributed by atoms with Crippen LogP contribution in [0.1, 0.15) is 41.5 Å². The van der Waals surface area contributed by atoms with E-state index in [4.69, 9.17) is 29.2 Å². The molecule has 0 aromatic heterocycles. The van der Waals surface area contributed by atoms with Gasteiger partial charge in [-0.15, -0.1) is 0 Å². The zero-order chi connectivity index (χ0) is 30.4. The zero-order valence-electron chi connectivity index (χ0n) is 24.0. The molecule has 2 fully saturated rings. The summed E-state index contributed by atoms with van der Waals surface area (Å²) in [5.74, 6) is -1.90. The molecule has 43 heavy (non-hydrogen) atoms. The van der Waals surface area contributed by atoms with Crippen LogP contribution in [0.25, 0.3) is 0 Å². The van der Waals surface area contributed by atoms with Gasteiger partial charge in [0.25, 0.3) is 0 Å². The molecule has 0 unspecified atom stereocenters. The van der Waals surface area contributed by atoms with Crippen molar-refractivity contribution in [2.45, 2.75) is 45.4 Å². The molecule has 0 bridgehead atoms. The van der Waals surface area contributed by atoms with Crippen molar-refractivity contribution >= 4 is 23.8 Å². The van der Waals surface area contributed by atoms with Gasteiger partial charge in [0.15, 0.2) is 23.0 Å². The Kier molecular flexibility index (Phi) is 7.53. The lowest BCUT2D eigenvalue weighted by atomic mass is 10.1. The van der Waals surface area contributed by atoms with E-state index in [2.05, 4.69) is 0 Å². The molecule has 228 valence electrons. The van der Waals surface area contributed by atoms with Gasteiger partial charge in [-0.2, -0.15) is 0 Å². The maximum Gasteiger partial charge on any atom is 0.307 e. The lowest BCUT2D eigenvalue weighted by Gasteiger charge is -2.15. The first-order valence-corrected chi connectivity index (χ1v) is 14.4. The van der Waals surface area contributed by atoms with E-state index in [1.807, 2.05) is 24.3 Å². The van der Waals surface area contributed by atoms with Crippen molar-refractivity contribution in [3.8, 4) is 23.0 Å². The Balaban J connectivity index is 1.01. The minimum Gasteiger partial charge on any atom is -0.493 e. The van der Waals surface area contributed by atoms with Crippen LogP contribution < -0.4 is 18.9 Å². The van der Waals surface area contributed by atoms with E-state index in [-0.39, 0.29) is 11.8 Å². The Labute approximate surface area is 248 Å². The van der Waals surface area contributed by atoms with Crippen molar-refractivity contribution in [3.05, 3.63) is 46.5 Å². The first kappa shape index (κ1) is 28.6. The molecule has 2 heterocycles. The van der Waals surface area contributed by atoms with Crippen molar-refractivity contribution in [1.82, 2.24) is 9.80 Å². The summed E-state index contributed by atoms with van der Waals surface area (Å²) in [6, 6.07) is 7.48. The number of hydrogen-bond acceptors (Lipinski definition) is 8. The van der Waals surface area contributed by atoms with E-state index in [0.717, 1.165) is 22.3 Å². The molecule has 4 aliphatic rings. The third-order valence-electron chi connectivity index (χ3n) is 8.69. The standard InChI is InChI=1S/C31H34N2O10/c1-40-24-6-16-12-32(28(34)20-10-22(20)30(36)37)14-18(16)8-26(24)42-4-3-5-43-27-9-19-15-33(13-17(19)7-25(27)41-2)29(35)21-11-23(21)31(38)39/h6-9,20-23H,3-5,10-15H2,1-2H3,(H,36,37)(H,38,39)/t20-,21+,22-,23+. The number of carbonyl (C=O) groups excluding carboxylic acids is 2. The van der Waals surface area contributed by atoms with Crippen molar-refractivity contribution in [3.63, 3.8) is 0 Å². The molecule has 2 aliphatic heterocycles. The highest BCUT2D eigenvalue weighted by Gasteiger charge is 2.51. The van der Waals surface area contributed by atoms with Crippen molar-refractivity contribution in [2.75, 3.05) is 27.4 Å². The number of carboxylic acid groups (broad SMARTS) is 2. The fourth-order valence-electron chi connectivity index (χ4n) is 6.04. The molecule has 12 heteroatoms. The zero-order valence-corrected chi connectivity index (χ0v) is 24.0. The molecule has 0 saturated heterocycles. The van der Waals surface area contributed by atoms with E-state index in [0.29, 0.717) is 81.7 Å². The van der Waals surface area contributed by atoms with Gasteiger partial charge in [-0.3, -0.25) is 19.2 Å². The first-order valence-electron chi connectivity index (χ1n) is 14.4. The third-order valence-corrected chi connectivity index (χ3v) is 8.69. The highest BCUT2D eigenvalue weighted by molar-refractivity contribution is 5.90. The van der Waals surface area contributed by atoms with Crippen LogP contribution in [0.5, 0.6) is 23.0 Å². The van der Waals surface area contributed by atoms with Gasteiger partial charge >= 0.3 is 11.9 Å². The lowest BCUT2D eigenvalue weighted by molar-refractivity contribution is -0.142. The second-order valence-electron chi connectivity index (χ2n) is 11.6. The van der Waals surface area contributed by atoms with Gasteiger partial charge in [0, 0.05) is 32.6 Å². The summed E-state index contributed by atoms with van der Waals surface area (Å²) in [6.07, 6.45) is 1.35. The van der Waals surface area contributed by atoms with Crippen LogP contribution in [0.2, 0.25) is 0 Å². The van der Waals surface area contributed by atoms with E-state index in [1.54, 1.807) is 24.0 Å². The molecule has 2 N–H and O–H groups in total. The summed E-state index contributed by atoms with van der Waals surface area (Å²) in [5.41, 5.74) is 3.81. The highest BCUT2D eigenvalue weighted by atomic mass is 16.5. The summed E-state index contributed by atoms with van der Waals surface area (Å²) >= 11 is 0. The average Bonchev–Trinajstić information content (AvgIpc) is 3.89. The van der Waals surface area contributed by atoms with Gasteiger partial charge in [0.2, 0.25) is 11.8 Å². The molecular formula is C31H34N2O10. The van der Waals surface area contributed by atoms with Crippen LogP contribution >= 0.6 is 0 Å². The number of methoxy groups -OCH3 is 2. The molecule has 0 radical (unpaired) electrons. The number of fused-ring (bicyclic) bond motifs is 2. The van der Waals surface area contributed by atoms with Gasteiger partial charge < -0.3 is 39.0 Å². The largest absolute Gasteiger partial charge is 0.493 e. The lowest BCUT2D eigenvalue weighted by Crippen LogP contribution is -2.28. The smallest absolute Gasteiger partial charge is 0.307 e. The third kappa shape index (κ3) is 5.65. The molecular weight excluding hydrogens is 560 g/mol. The number of nitrogens with zero attached hydrogens (tertiary/aromatic N) is 2. The van der Waals surface area contributed by atoms with Crippen molar-refractivity contribution in [2.24, 2.45) is 23.7 Å². The van der Waals surface area contributed by atoms with Gasteiger partial charge in [0.05, 0.1) is 51.1 Å². The van der Waals surface area contributed by atoms with Crippen LogP contribution in [0.15, 0.2) is 24.3 Å². The first-order chi connectivity index (χ1) is 20.7. The summed E-state index contributed by atoms with van der Waals surface area (Å²) in [5, 5.41) is 18.3. The summed E-state index contributed by atoms with van der Waals surface area (Å²) in [6.45, 7) is 2.34. The summed E-state index contributed by atoms with van der Waals surface area (Å²) in [4.78, 5) is 51.2. The topological polar surface area (TPSA) is 152 Å². The minimum absolute atomic E-state index is 0.127. The van der Waals surface area contributed by atoms with E-state index in [1.165, 1.54) is 0 Å². The molecule has 6 rings (SSSR count). The quantitative estimate of drug-likeness (QED) is 0.351. The van der Waals surface area contributed by atoms with Crippen LogP contribution in [0.4, 0.5) is 0 Å². The second kappa shape index (κ2) is 11.3. The molecule has 0 spiro atoms. The Morgan fingerprint density at radius 1 is 0.628 bits per heavy atom. The number of rotatable bonds is 12. The minimum atomic E-state index is -0.921. The van der Waals surface area contributed by atoms with Crippen LogP contribution in [0.3, 0.4) is 0 Å². The van der Waals surface area contributed by atoms with E-state index >= 15 is 0 Å². The van der Waals surface area contributed by atoms with Crippen LogP contribution in [-0.2, 0) is 45.4 Å². The predicted octanol–water partition coefficient (Wildman–Crippen LogP) is 2.68. The number of aliphatic carboxylic acids is 2. The number of carbonyl (C=O) groups is 4. The summed E-state index contributed by atoms with van der Waals surface area (Å²) in [7, 11) is 3.11. The maximum atomic E-state index is 12.7. The number of hydrogen-bond donors (Lipinski definition) is 2. The number of benzene rings is 2. The maximum absolute atomic E-state index is 12.7. The number of amides is 2. The van der Waals surface area contributed by atoms with Gasteiger partial charge in [-0.05, 0) is 59.4 Å². The molecule has 2 aromatic carbocycles. The van der Waals surface area contributed by atoms with E-state index in [9.17, 15) is 19.2 Å². The molecule has 2 saturated carbocycles.